The number of hydrogen-bond donors (Lipinski definition) is 0. The van der Waals surface area contributed by atoms with Crippen LogP contribution in [0.5, 0.6) is 11.5 Å². The van der Waals surface area contributed by atoms with E-state index in [0.717, 1.165) is 43.5 Å². The number of carbonyl (C=O) groups excluding carboxylic acids is 1. The summed E-state index contributed by atoms with van der Waals surface area (Å²) in [6.45, 7) is 2.73. The third kappa shape index (κ3) is 5.81. The Bertz CT molecular complexity index is 677. The van der Waals surface area contributed by atoms with Crippen molar-refractivity contribution in [2.24, 2.45) is 0 Å². The molecule has 0 aliphatic carbocycles. The highest BCUT2D eigenvalue weighted by Gasteiger charge is 2.30. The van der Waals surface area contributed by atoms with Crippen LogP contribution in [0.25, 0.3) is 0 Å². The zero-order valence-corrected chi connectivity index (χ0v) is 13.8. The maximum atomic E-state index is 12.5. The molecule has 0 aliphatic heterocycles. The average molecular weight is 352 g/mol. The summed E-state index contributed by atoms with van der Waals surface area (Å²) in [5.74, 6) is 0.251. The molecule has 0 bridgehead atoms. The molecule has 0 saturated heterocycles. The van der Waals surface area contributed by atoms with Crippen molar-refractivity contribution in [2.45, 2.75) is 32.4 Å². The molecular formula is C19H19F3O3. The van der Waals surface area contributed by atoms with Crippen LogP contribution in [0.2, 0.25) is 0 Å². The Balaban J connectivity index is 1.92. The molecule has 0 unspecified atom stereocenters. The maximum Gasteiger partial charge on any atom is 0.416 e. The van der Waals surface area contributed by atoms with Crippen LogP contribution in [0.4, 0.5) is 13.2 Å². The summed E-state index contributed by atoms with van der Waals surface area (Å²) in [7, 11) is 0. The Hall–Kier alpha value is -2.50. The summed E-state index contributed by atoms with van der Waals surface area (Å²) in [5, 5.41) is 0. The van der Waals surface area contributed by atoms with Crippen LogP contribution in [0.1, 0.15) is 42.1 Å². The largest absolute Gasteiger partial charge is 0.494 e. The lowest BCUT2D eigenvalue weighted by Crippen LogP contribution is -2.10. The highest BCUT2D eigenvalue weighted by molar-refractivity contribution is 5.91. The lowest BCUT2D eigenvalue weighted by molar-refractivity contribution is -0.137. The first-order chi connectivity index (χ1) is 11.9. The SMILES string of the molecule is CCCCCOc1ccc(OC(=O)c2ccc(C(F)(F)F)cc2)cc1. The molecule has 2 aromatic rings. The van der Waals surface area contributed by atoms with E-state index in [0.29, 0.717) is 18.1 Å². The molecule has 6 heteroatoms. The van der Waals surface area contributed by atoms with E-state index in [1.54, 1.807) is 24.3 Å². The van der Waals surface area contributed by atoms with Gasteiger partial charge in [-0.15, -0.1) is 0 Å². The fraction of sp³-hybridized carbons (Fsp3) is 0.316. The molecule has 0 aromatic heterocycles. The van der Waals surface area contributed by atoms with Crippen molar-refractivity contribution in [3.8, 4) is 11.5 Å². The van der Waals surface area contributed by atoms with Crippen molar-refractivity contribution in [2.75, 3.05) is 6.61 Å². The van der Waals surface area contributed by atoms with Crippen LogP contribution in [-0.4, -0.2) is 12.6 Å². The molecule has 0 saturated carbocycles. The first kappa shape index (κ1) is 18.8. The Morgan fingerprint density at radius 3 is 2.08 bits per heavy atom. The second-order valence-corrected chi connectivity index (χ2v) is 5.49. The summed E-state index contributed by atoms with van der Waals surface area (Å²) in [6.07, 6.45) is -1.25. The lowest BCUT2D eigenvalue weighted by Gasteiger charge is -2.09. The van der Waals surface area contributed by atoms with E-state index in [4.69, 9.17) is 9.47 Å². The zero-order valence-electron chi connectivity index (χ0n) is 13.8. The van der Waals surface area contributed by atoms with Gasteiger partial charge in [-0.2, -0.15) is 13.2 Å². The van der Waals surface area contributed by atoms with E-state index in [1.165, 1.54) is 0 Å². The molecule has 0 amide bonds. The van der Waals surface area contributed by atoms with Gasteiger partial charge in [0.25, 0.3) is 0 Å². The Labute approximate surface area is 144 Å². The molecule has 2 rings (SSSR count). The van der Waals surface area contributed by atoms with Crippen molar-refractivity contribution >= 4 is 5.97 Å². The van der Waals surface area contributed by atoms with Crippen LogP contribution in [0, 0.1) is 0 Å². The van der Waals surface area contributed by atoms with E-state index in [1.807, 2.05) is 0 Å². The fourth-order valence-corrected chi connectivity index (χ4v) is 2.11. The minimum atomic E-state index is -4.44. The highest BCUT2D eigenvalue weighted by atomic mass is 19.4. The number of carbonyl (C=O) groups is 1. The average Bonchev–Trinajstić information content (AvgIpc) is 2.59. The molecule has 0 heterocycles. The topological polar surface area (TPSA) is 35.5 Å². The van der Waals surface area contributed by atoms with Gasteiger partial charge >= 0.3 is 12.1 Å². The van der Waals surface area contributed by atoms with E-state index in [-0.39, 0.29) is 5.56 Å². The molecular weight excluding hydrogens is 333 g/mol. The minimum absolute atomic E-state index is 0.0490. The van der Waals surface area contributed by atoms with E-state index < -0.39 is 17.7 Å². The van der Waals surface area contributed by atoms with Crippen LogP contribution in [-0.2, 0) is 6.18 Å². The van der Waals surface area contributed by atoms with E-state index in [9.17, 15) is 18.0 Å². The predicted octanol–water partition coefficient (Wildman–Crippen LogP) is 5.49. The molecule has 134 valence electrons. The van der Waals surface area contributed by atoms with Gasteiger partial charge < -0.3 is 9.47 Å². The molecule has 0 atom stereocenters. The molecule has 0 aliphatic rings. The number of ether oxygens (including phenoxy) is 2. The van der Waals surface area contributed by atoms with E-state index in [2.05, 4.69) is 6.92 Å². The molecule has 3 nitrogen and oxygen atoms in total. The summed E-state index contributed by atoms with van der Waals surface area (Å²) >= 11 is 0. The molecule has 0 spiro atoms. The van der Waals surface area contributed by atoms with Crippen LogP contribution in [0.15, 0.2) is 48.5 Å². The molecule has 2 aromatic carbocycles. The van der Waals surface area contributed by atoms with Crippen molar-refractivity contribution in [1.82, 2.24) is 0 Å². The predicted molar refractivity (Wildman–Crippen MR) is 87.9 cm³/mol. The Morgan fingerprint density at radius 1 is 0.920 bits per heavy atom. The summed E-state index contributed by atoms with van der Waals surface area (Å²) in [6, 6.07) is 10.4. The number of alkyl halides is 3. The fourth-order valence-electron chi connectivity index (χ4n) is 2.11. The smallest absolute Gasteiger partial charge is 0.416 e. The van der Waals surface area contributed by atoms with Crippen molar-refractivity contribution in [3.05, 3.63) is 59.7 Å². The summed E-state index contributed by atoms with van der Waals surface area (Å²) in [4.78, 5) is 12.0. The second kappa shape index (κ2) is 8.55. The van der Waals surface area contributed by atoms with Gasteiger partial charge in [-0.25, -0.2) is 4.79 Å². The Morgan fingerprint density at radius 2 is 1.52 bits per heavy atom. The number of unbranched alkanes of at least 4 members (excludes halogenated alkanes) is 2. The molecule has 0 N–H and O–H groups in total. The third-order valence-electron chi connectivity index (χ3n) is 3.50. The van der Waals surface area contributed by atoms with Gasteiger partial charge in [-0.1, -0.05) is 19.8 Å². The first-order valence-electron chi connectivity index (χ1n) is 8.02. The maximum absolute atomic E-state index is 12.5. The normalized spacial score (nSPS) is 11.2. The van der Waals surface area contributed by atoms with Crippen molar-refractivity contribution in [3.63, 3.8) is 0 Å². The number of rotatable bonds is 7. The van der Waals surface area contributed by atoms with Crippen LogP contribution in [0.3, 0.4) is 0 Å². The van der Waals surface area contributed by atoms with Gasteiger partial charge in [0, 0.05) is 0 Å². The standard InChI is InChI=1S/C19H19F3O3/c1-2-3-4-13-24-16-9-11-17(12-10-16)25-18(23)14-5-7-15(8-6-14)19(20,21)22/h5-12H,2-4,13H2,1H3. The quantitative estimate of drug-likeness (QED) is 0.375. The highest BCUT2D eigenvalue weighted by Crippen LogP contribution is 2.29. The van der Waals surface area contributed by atoms with Gasteiger partial charge in [0.1, 0.15) is 11.5 Å². The number of halogens is 3. The summed E-state index contributed by atoms with van der Waals surface area (Å²) in [5.41, 5.74) is -0.762. The minimum Gasteiger partial charge on any atom is -0.494 e. The zero-order chi connectivity index (χ0) is 18.3. The van der Waals surface area contributed by atoms with Crippen molar-refractivity contribution < 1.29 is 27.4 Å². The third-order valence-corrected chi connectivity index (χ3v) is 3.50. The number of benzene rings is 2. The second-order valence-electron chi connectivity index (χ2n) is 5.49. The monoisotopic (exact) mass is 352 g/mol. The lowest BCUT2D eigenvalue weighted by atomic mass is 10.1. The van der Waals surface area contributed by atoms with Gasteiger partial charge in [-0.05, 0) is 55.0 Å². The summed E-state index contributed by atoms with van der Waals surface area (Å²) < 4.78 is 48.2. The van der Waals surface area contributed by atoms with Gasteiger partial charge in [-0.3, -0.25) is 0 Å². The van der Waals surface area contributed by atoms with Gasteiger partial charge in [0.15, 0.2) is 0 Å². The van der Waals surface area contributed by atoms with Gasteiger partial charge in [0.05, 0.1) is 17.7 Å². The van der Waals surface area contributed by atoms with Gasteiger partial charge in [0.2, 0.25) is 0 Å². The Kier molecular flexibility index (Phi) is 6.44. The first-order valence-corrected chi connectivity index (χ1v) is 8.02. The number of esters is 1. The number of hydrogen-bond acceptors (Lipinski definition) is 3. The molecule has 0 radical (unpaired) electrons. The van der Waals surface area contributed by atoms with E-state index >= 15 is 0 Å². The van der Waals surface area contributed by atoms with Crippen LogP contribution < -0.4 is 9.47 Å². The van der Waals surface area contributed by atoms with Crippen LogP contribution >= 0.6 is 0 Å². The molecule has 25 heavy (non-hydrogen) atoms. The molecule has 0 fully saturated rings. The van der Waals surface area contributed by atoms with Crippen molar-refractivity contribution in [1.29, 1.82) is 0 Å².